The van der Waals surface area contributed by atoms with Gasteiger partial charge < -0.3 is 10.6 Å². The number of nitrogens with one attached hydrogen (secondary N) is 2. The summed E-state index contributed by atoms with van der Waals surface area (Å²) in [6, 6.07) is 0.352. The van der Waals surface area contributed by atoms with Crippen LogP contribution >= 0.6 is 0 Å². The monoisotopic (exact) mass is 210 g/mol. The molecule has 2 fully saturated rings. The van der Waals surface area contributed by atoms with E-state index >= 15 is 0 Å². The van der Waals surface area contributed by atoms with E-state index in [0.29, 0.717) is 6.04 Å². The van der Waals surface area contributed by atoms with E-state index in [1.54, 1.807) is 0 Å². The summed E-state index contributed by atoms with van der Waals surface area (Å²) in [6.07, 6.45) is 1.07. The summed E-state index contributed by atoms with van der Waals surface area (Å²) >= 11 is 0. The van der Waals surface area contributed by atoms with Crippen molar-refractivity contribution < 1.29 is 4.79 Å². The third-order valence-corrected chi connectivity index (χ3v) is 4.69. The maximum Gasteiger partial charge on any atom is 0.224 e. The van der Waals surface area contributed by atoms with Crippen LogP contribution < -0.4 is 10.6 Å². The first kappa shape index (κ1) is 10.9. The van der Waals surface area contributed by atoms with E-state index in [1.165, 1.54) is 0 Å². The van der Waals surface area contributed by atoms with Gasteiger partial charge in [0.15, 0.2) is 0 Å². The van der Waals surface area contributed by atoms with Gasteiger partial charge in [-0.1, -0.05) is 27.7 Å². The molecule has 3 nitrogen and oxygen atoms in total. The molecule has 1 amide bonds. The topological polar surface area (TPSA) is 41.1 Å². The Bertz CT molecular complexity index is 263. The van der Waals surface area contributed by atoms with Crippen LogP contribution in [-0.2, 0) is 4.79 Å². The Balaban J connectivity index is 1.93. The number of rotatable bonds is 2. The van der Waals surface area contributed by atoms with Gasteiger partial charge in [0.05, 0.1) is 0 Å². The lowest BCUT2D eigenvalue weighted by atomic mass is 10.0. The summed E-state index contributed by atoms with van der Waals surface area (Å²) < 4.78 is 0. The van der Waals surface area contributed by atoms with Crippen molar-refractivity contribution >= 4 is 5.91 Å². The Labute approximate surface area is 92.0 Å². The van der Waals surface area contributed by atoms with Crippen molar-refractivity contribution in [2.45, 2.75) is 40.2 Å². The van der Waals surface area contributed by atoms with Crippen LogP contribution in [0, 0.1) is 16.7 Å². The van der Waals surface area contributed by atoms with Crippen LogP contribution in [0.25, 0.3) is 0 Å². The minimum Gasteiger partial charge on any atom is -0.352 e. The molecule has 1 aliphatic heterocycles. The van der Waals surface area contributed by atoms with Gasteiger partial charge in [-0.25, -0.2) is 0 Å². The van der Waals surface area contributed by atoms with Crippen LogP contribution in [0.5, 0.6) is 0 Å². The van der Waals surface area contributed by atoms with Gasteiger partial charge in [-0.15, -0.1) is 0 Å². The number of hydrogen-bond acceptors (Lipinski definition) is 2. The third kappa shape index (κ3) is 1.57. The zero-order valence-corrected chi connectivity index (χ0v) is 10.2. The van der Waals surface area contributed by atoms with Crippen LogP contribution in [-0.4, -0.2) is 25.0 Å². The first-order chi connectivity index (χ1) is 6.87. The molecule has 2 rings (SSSR count). The Hall–Kier alpha value is -0.570. The quantitative estimate of drug-likeness (QED) is 0.718. The highest BCUT2D eigenvalue weighted by Gasteiger charge is 2.68. The molecule has 0 spiro atoms. The molecule has 2 aliphatic rings. The van der Waals surface area contributed by atoms with Crippen molar-refractivity contribution in [3.63, 3.8) is 0 Å². The van der Waals surface area contributed by atoms with Gasteiger partial charge >= 0.3 is 0 Å². The fraction of sp³-hybridized carbons (Fsp3) is 0.917. The van der Waals surface area contributed by atoms with Crippen molar-refractivity contribution in [3.8, 4) is 0 Å². The van der Waals surface area contributed by atoms with E-state index in [-0.39, 0.29) is 22.7 Å². The second-order valence-electron chi connectivity index (χ2n) is 6.07. The molecule has 86 valence electrons. The number of carbonyl (C=O) groups excluding carboxylic acids is 1. The highest BCUT2D eigenvalue weighted by Crippen LogP contribution is 2.68. The van der Waals surface area contributed by atoms with Gasteiger partial charge in [0.25, 0.3) is 0 Å². The molecule has 1 aliphatic carbocycles. The van der Waals surface area contributed by atoms with Gasteiger partial charge in [0.2, 0.25) is 5.91 Å². The van der Waals surface area contributed by atoms with Crippen LogP contribution in [0.3, 0.4) is 0 Å². The van der Waals surface area contributed by atoms with Crippen molar-refractivity contribution in [2.24, 2.45) is 16.7 Å². The van der Waals surface area contributed by atoms with E-state index in [0.717, 1.165) is 19.5 Å². The molecule has 0 bridgehead atoms. The molecule has 0 unspecified atom stereocenters. The molecule has 15 heavy (non-hydrogen) atoms. The van der Waals surface area contributed by atoms with Crippen molar-refractivity contribution in [3.05, 3.63) is 0 Å². The zero-order chi connectivity index (χ0) is 11.3. The van der Waals surface area contributed by atoms with Crippen LogP contribution in [0.15, 0.2) is 0 Å². The Kier molecular flexibility index (Phi) is 2.34. The summed E-state index contributed by atoms with van der Waals surface area (Å²) in [5.41, 5.74) is 0.312. The highest BCUT2D eigenvalue weighted by atomic mass is 16.2. The van der Waals surface area contributed by atoms with Crippen molar-refractivity contribution in [1.82, 2.24) is 10.6 Å². The lowest BCUT2D eigenvalue weighted by Crippen LogP contribution is -2.38. The Morgan fingerprint density at radius 1 is 1.27 bits per heavy atom. The van der Waals surface area contributed by atoms with E-state index < -0.39 is 0 Å². The number of hydrogen-bond donors (Lipinski definition) is 2. The predicted molar refractivity (Wildman–Crippen MR) is 60.5 cm³/mol. The third-order valence-electron chi connectivity index (χ3n) is 4.69. The first-order valence-corrected chi connectivity index (χ1v) is 5.88. The number of carbonyl (C=O) groups is 1. The van der Waals surface area contributed by atoms with E-state index in [4.69, 9.17) is 0 Å². The maximum absolute atomic E-state index is 12.1. The lowest BCUT2D eigenvalue weighted by molar-refractivity contribution is -0.124. The maximum atomic E-state index is 12.1. The van der Waals surface area contributed by atoms with Crippen LogP contribution in [0.2, 0.25) is 0 Å². The minimum atomic E-state index is 0.156. The molecule has 1 saturated carbocycles. The molecule has 0 aromatic rings. The molecule has 1 atom stereocenters. The van der Waals surface area contributed by atoms with Crippen LogP contribution in [0.4, 0.5) is 0 Å². The Morgan fingerprint density at radius 2 is 1.87 bits per heavy atom. The molecule has 0 radical (unpaired) electrons. The van der Waals surface area contributed by atoms with Crippen LogP contribution in [0.1, 0.15) is 34.1 Å². The minimum absolute atomic E-state index is 0.156. The average molecular weight is 210 g/mol. The smallest absolute Gasteiger partial charge is 0.224 e. The number of amides is 1. The Morgan fingerprint density at radius 3 is 2.27 bits per heavy atom. The normalized spacial score (nSPS) is 32.7. The van der Waals surface area contributed by atoms with Gasteiger partial charge in [-0.2, -0.15) is 0 Å². The largest absolute Gasteiger partial charge is 0.352 e. The van der Waals surface area contributed by atoms with E-state index in [2.05, 4.69) is 38.3 Å². The second-order valence-corrected chi connectivity index (χ2v) is 6.07. The summed E-state index contributed by atoms with van der Waals surface area (Å²) in [7, 11) is 0. The molecular formula is C12H22N2O. The van der Waals surface area contributed by atoms with Gasteiger partial charge in [-0.3, -0.25) is 4.79 Å². The molecule has 1 saturated heterocycles. The fourth-order valence-corrected chi connectivity index (χ4v) is 2.91. The molecule has 3 heteroatoms. The SMILES string of the molecule is CC1(C)C(C(=O)N[C@H]2CCNC2)C1(C)C. The molecule has 1 heterocycles. The highest BCUT2D eigenvalue weighted by molar-refractivity contribution is 5.84. The predicted octanol–water partition coefficient (Wildman–Crippen LogP) is 1.15. The molecule has 0 aromatic carbocycles. The van der Waals surface area contributed by atoms with Crippen molar-refractivity contribution in [1.29, 1.82) is 0 Å². The zero-order valence-electron chi connectivity index (χ0n) is 10.2. The van der Waals surface area contributed by atoms with E-state index in [9.17, 15) is 4.79 Å². The summed E-state index contributed by atoms with van der Waals surface area (Å²) in [6.45, 7) is 10.7. The lowest BCUT2D eigenvalue weighted by Gasteiger charge is -2.12. The molecular weight excluding hydrogens is 188 g/mol. The fourth-order valence-electron chi connectivity index (χ4n) is 2.91. The molecule has 2 N–H and O–H groups in total. The summed E-state index contributed by atoms with van der Waals surface area (Å²) in [5.74, 6) is 0.435. The molecule has 0 aromatic heterocycles. The standard InChI is InChI=1S/C12H22N2O/c1-11(2)9(12(11,3)4)10(15)14-8-5-6-13-7-8/h8-9,13H,5-7H2,1-4H3,(H,14,15)/t8-/m0/s1. The first-order valence-electron chi connectivity index (χ1n) is 5.88. The van der Waals surface area contributed by atoms with Gasteiger partial charge in [0, 0.05) is 18.5 Å². The average Bonchev–Trinajstić information content (AvgIpc) is 2.53. The summed E-state index contributed by atoms with van der Waals surface area (Å²) in [4.78, 5) is 12.1. The summed E-state index contributed by atoms with van der Waals surface area (Å²) in [5, 5.41) is 6.41. The second kappa shape index (κ2) is 3.21. The van der Waals surface area contributed by atoms with Gasteiger partial charge in [0.1, 0.15) is 0 Å². The van der Waals surface area contributed by atoms with Gasteiger partial charge in [-0.05, 0) is 23.8 Å². The van der Waals surface area contributed by atoms with Crippen molar-refractivity contribution in [2.75, 3.05) is 13.1 Å². The van der Waals surface area contributed by atoms with E-state index in [1.807, 2.05) is 0 Å².